The number of carbonyl (C=O) groups is 2. The number of rotatable bonds is 8. The van der Waals surface area contributed by atoms with Gasteiger partial charge in [0, 0.05) is 12.1 Å². The predicted octanol–water partition coefficient (Wildman–Crippen LogP) is 3.51. The number of ketones is 1. The van der Waals surface area contributed by atoms with Crippen LogP contribution in [0, 0.1) is 18.2 Å². The fraction of sp³-hybridized carbons (Fsp3) is 0.407. The van der Waals surface area contributed by atoms with Crippen LogP contribution < -0.4 is 16.0 Å². The summed E-state index contributed by atoms with van der Waals surface area (Å²) in [5.41, 5.74) is -3.05. The number of hydrogen-bond acceptors (Lipinski definition) is 9. The molecule has 0 unspecified atom stereocenters. The van der Waals surface area contributed by atoms with Gasteiger partial charge in [-0.05, 0) is 59.7 Å². The van der Waals surface area contributed by atoms with Gasteiger partial charge in [0.1, 0.15) is 27.0 Å². The summed E-state index contributed by atoms with van der Waals surface area (Å²) in [5.74, 6) is -1.72. The van der Waals surface area contributed by atoms with E-state index in [1.807, 2.05) is 0 Å². The van der Waals surface area contributed by atoms with Gasteiger partial charge < -0.3 is 9.47 Å². The molecule has 11 nitrogen and oxygen atoms in total. The number of aryl methyl sites for hydroxylation is 1. The number of fused-ring (bicyclic) bond motifs is 1. The molecule has 0 saturated heterocycles. The first kappa shape index (κ1) is 28.9. The second-order valence-electron chi connectivity index (χ2n) is 10.9. The highest BCUT2D eigenvalue weighted by Gasteiger charge is 2.35. The summed E-state index contributed by atoms with van der Waals surface area (Å²) in [6, 6.07) is 3.51. The minimum absolute atomic E-state index is 0.0587. The van der Waals surface area contributed by atoms with E-state index in [-0.39, 0.29) is 28.1 Å². The van der Waals surface area contributed by atoms with Crippen LogP contribution in [-0.2, 0) is 22.6 Å². The van der Waals surface area contributed by atoms with Crippen LogP contribution in [-0.4, -0.2) is 48.6 Å². The average molecular weight is 572 g/mol. The molecule has 0 amide bonds. The van der Waals surface area contributed by atoms with Crippen LogP contribution in [0.25, 0.3) is 15.2 Å². The molecule has 0 aliphatic heterocycles. The molecule has 0 atom stereocenters. The molecular weight excluding hydrogens is 541 g/mol. The lowest BCUT2D eigenvalue weighted by Gasteiger charge is -2.28. The van der Waals surface area contributed by atoms with Crippen LogP contribution in [0.5, 0.6) is 5.75 Å². The average Bonchev–Trinajstić information content (AvgIpc) is 3.51. The highest BCUT2D eigenvalue weighted by Crippen LogP contribution is 2.31. The number of halogens is 1. The van der Waals surface area contributed by atoms with Crippen molar-refractivity contribution in [1.82, 2.24) is 24.1 Å². The molecular formula is C27H30FN5O6S. The summed E-state index contributed by atoms with van der Waals surface area (Å²) in [4.78, 5) is 55.6. The number of thiophene rings is 1. The molecule has 0 bridgehead atoms. The van der Waals surface area contributed by atoms with E-state index in [4.69, 9.17) is 9.47 Å². The maximum atomic E-state index is 14.0. The molecule has 0 fully saturated rings. The first-order valence-corrected chi connectivity index (χ1v) is 13.2. The van der Waals surface area contributed by atoms with Gasteiger partial charge in [-0.25, -0.2) is 9.18 Å². The zero-order valence-corrected chi connectivity index (χ0v) is 24.1. The van der Waals surface area contributed by atoms with Crippen LogP contribution in [0.1, 0.15) is 50.5 Å². The Bertz CT molecular complexity index is 1730. The summed E-state index contributed by atoms with van der Waals surface area (Å²) in [6.07, 6.45) is 2.94. The lowest BCUT2D eigenvalue weighted by molar-refractivity contribution is -0.166. The van der Waals surface area contributed by atoms with Gasteiger partial charge in [0.25, 0.3) is 5.56 Å². The number of hydrogen-bond donors (Lipinski definition) is 0. The molecule has 4 aromatic rings. The van der Waals surface area contributed by atoms with E-state index in [1.54, 1.807) is 41.5 Å². The van der Waals surface area contributed by atoms with E-state index >= 15 is 0 Å². The number of methoxy groups -OCH3 is 1. The zero-order chi connectivity index (χ0) is 29.6. The van der Waals surface area contributed by atoms with Gasteiger partial charge in [-0.1, -0.05) is 11.3 Å². The smallest absolute Gasteiger partial charge is 0.332 e. The SMILES string of the molecule is COc1ccc(F)cc1C(=O)Cn1c(=O)n(CC(C)(C)C(=O)OC(C)(C)C)c(=O)c2c(C)c(-n3nccn3)sc21. The van der Waals surface area contributed by atoms with Crippen molar-refractivity contribution in [3.05, 3.63) is 68.4 Å². The molecule has 1 aromatic carbocycles. The van der Waals surface area contributed by atoms with Crippen LogP contribution >= 0.6 is 11.3 Å². The van der Waals surface area contributed by atoms with Gasteiger partial charge in [0.2, 0.25) is 0 Å². The van der Waals surface area contributed by atoms with Gasteiger partial charge in [0.15, 0.2) is 5.78 Å². The lowest BCUT2D eigenvalue weighted by atomic mass is 9.93. The van der Waals surface area contributed by atoms with Crippen LogP contribution in [0.15, 0.2) is 40.2 Å². The lowest BCUT2D eigenvalue weighted by Crippen LogP contribution is -2.46. The van der Waals surface area contributed by atoms with E-state index in [1.165, 1.54) is 30.4 Å². The largest absolute Gasteiger partial charge is 0.496 e. The highest BCUT2D eigenvalue weighted by atomic mass is 32.1. The van der Waals surface area contributed by atoms with Gasteiger partial charge in [-0.15, -0.1) is 4.80 Å². The van der Waals surface area contributed by atoms with E-state index < -0.39 is 46.4 Å². The van der Waals surface area contributed by atoms with Crippen LogP contribution in [0.4, 0.5) is 4.39 Å². The number of aromatic nitrogens is 5. The minimum atomic E-state index is -1.27. The van der Waals surface area contributed by atoms with E-state index in [0.717, 1.165) is 32.6 Å². The highest BCUT2D eigenvalue weighted by molar-refractivity contribution is 7.21. The topological polar surface area (TPSA) is 127 Å². The molecule has 40 heavy (non-hydrogen) atoms. The third-order valence-corrected chi connectivity index (χ3v) is 7.42. The van der Waals surface area contributed by atoms with Crippen molar-refractivity contribution in [3.63, 3.8) is 0 Å². The maximum Gasteiger partial charge on any atom is 0.332 e. The van der Waals surface area contributed by atoms with Crippen LogP contribution in [0.2, 0.25) is 0 Å². The number of Topliss-reactive ketones (excluding diaryl/α,β-unsaturated/α-hetero) is 1. The first-order chi connectivity index (χ1) is 18.6. The Morgan fingerprint density at radius 1 is 1.05 bits per heavy atom. The van der Waals surface area contributed by atoms with Crippen molar-refractivity contribution in [2.45, 2.75) is 60.2 Å². The summed E-state index contributed by atoms with van der Waals surface area (Å²) >= 11 is 1.07. The Kier molecular flexibility index (Phi) is 7.54. The zero-order valence-electron chi connectivity index (χ0n) is 23.3. The van der Waals surface area contributed by atoms with Crippen molar-refractivity contribution in [1.29, 1.82) is 0 Å². The molecule has 0 radical (unpaired) electrons. The third kappa shape index (κ3) is 5.46. The van der Waals surface area contributed by atoms with E-state index in [9.17, 15) is 23.6 Å². The Morgan fingerprint density at radius 3 is 2.30 bits per heavy atom. The molecule has 0 N–H and O–H groups in total. The summed E-state index contributed by atoms with van der Waals surface area (Å²) < 4.78 is 26.9. The number of esters is 1. The monoisotopic (exact) mass is 571 g/mol. The third-order valence-electron chi connectivity index (χ3n) is 6.14. The molecule has 4 rings (SSSR count). The molecule has 0 aliphatic rings. The van der Waals surface area contributed by atoms with Crippen molar-refractivity contribution < 1.29 is 23.5 Å². The number of ether oxygens (including phenoxy) is 2. The minimum Gasteiger partial charge on any atom is -0.496 e. The van der Waals surface area contributed by atoms with E-state index in [0.29, 0.717) is 10.6 Å². The van der Waals surface area contributed by atoms with Gasteiger partial charge in [0.05, 0.1) is 42.4 Å². The Balaban J connectivity index is 1.93. The molecule has 13 heteroatoms. The van der Waals surface area contributed by atoms with Gasteiger partial charge in [-0.2, -0.15) is 10.2 Å². The second kappa shape index (κ2) is 10.5. The first-order valence-electron chi connectivity index (χ1n) is 12.4. The summed E-state index contributed by atoms with van der Waals surface area (Å²) in [7, 11) is 1.35. The van der Waals surface area contributed by atoms with Gasteiger partial charge in [-0.3, -0.25) is 23.5 Å². The fourth-order valence-electron chi connectivity index (χ4n) is 4.18. The second-order valence-corrected chi connectivity index (χ2v) is 11.9. The Labute approximate surface area is 232 Å². The molecule has 3 heterocycles. The Hall–Kier alpha value is -4.13. The van der Waals surface area contributed by atoms with Crippen LogP contribution in [0.3, 0.4) is 0 Å². The molecule has 3 aromatic heterocycles. The summed E-state index contributed by atoms with van der Waals surface area (Å²) in [5, 5.41) is 8.93. The molecule has 0 spiro atoms. The maximum absolute atomic E-state index is 14.0. The standard InChI is InChI=1S/C27H30FN5O6S/c1-15-20-21(35)32(14-27(5,6)24(36)39-26(2,3)4)25(37)31(23(20)40-22(15)33-29-10-11-30-33)13-18(34)17-12-16(28)8-9-19(17)38-7/h8-12H,13-14H2,1-7H3. The normalized spacial score (nSPS) is 12.1. The Morgan fingerprint density at radius 2 is 1.70 bits per heavy atom. The van der Waals surface area contributed by atoms with Gasteiger partial charge >= 0.3 is 11.7 Å². The summed E-state index contributed by atoms with van der Waals surface area (Å²) in [6.45, 7) is 9.17. The molecule has 0 aliphatic carbocycles. The molecule has 212 valence electrons. The van der Waals surface area contributed by atoms with Crippen molar-refractivity contribution in [3.8, 4) is 10.8 Å². The van der Waals surface area contributed by atoms with E-state index in [2.05, 4.69) is 10.2 Å². The number of carbonyl (C=O) groups excluding carboxylic acids is 2. The van der Waals surface area contributed by atoms with Crippen molar-refractivity contribution in [2.75, 3.05) is 7.11 Å². The van der Waals surface area contributed by atoms with Crippen molar-refractivity contribution >= 4 is 33.3 Å². The van der Waals surface area contributed by atoms with Crippen molar-refractivity contribution in [2.24, 2.45) is 5.41 Å². The number of nitrogens with zero attached hydrogens (tertiary/aromatic N) is 5. The predicted molar refractivity (Wildman–Crippen MR) is 147 cm³/mol. The fourth-order valence-corrected chi connectivity index (χ4v) is 5.39. The molecule has 0 saturated carbocycles. The quantitative estimate of drug-likeness (QED) is 0.232. The number of benzene rings is 1.